The van der Waals surface area contributed by atoms with Gasteiger partial charge in [0.05, 0.1) is 6.10 Å². The Morgan fingerprint density at radius 3 is 2.56 bits per heavy atom. The molecule has 0 bridgehead atoms. The quantitative estimate of drug-likeness (QED) is 0.584. The number of rotatable bonds is 0. The highest BCUT2D eigenvalue weighted by molar-refractivity contribution is 9.10. The molecule has 2 atom stereocenters. The second-order valence-electron chi connectivity index (χ2n) is 3.04. The van der Waals surface area contributed by atoms with Gasteiger partial charge in [0.2, 0.25) is 0 Å². The molecule has 1 N–H and O–H groups in total. The van der Waals surface area contributed by atoms with Crippen molar-refractivity contribution < 1.29 is 5.11 Å². The first-order valence-electron chi connectivity index (χ1n) is 3.50. The molecule has 0 saturated heterocycles. The second-order valence-corrected chi connectivity index (χ2v) is 4.85. The Labute approximate surface area is 64.6 Å². The largest absolute Gasteiger partial charge is 0.392 e. The lowest BCUT2D eigenvalue weighted by Gasteiger charge is -2.32. The maximum absolute atomic E-state index is 9.39. The fourth-order valence-electron chi connectivity index (χ4n) is 1.28. The van der Waals surface area contributed by atoms with E-state index in [9.17, 15) is 5.11 Å². The minimum atomic E-state index is -0.133. The molecule has 1 fully saturated rings. The molecule has 0 radical (unpaired) electrons. The average Bonchev–Trinajstić information content (AvgIpc) is 1.77. The predicted molar refractivity (Wildman–Crippen MR) is 41.8 cm³/mol. The molecule has 9 heavy (non-hydrogen) atoms. The van der Waals surface area contributed by atoms with Crippen LogP contribution in [-0.2, 0) is 0 Å². The van der Waals surface area contributed by atoms with Gasteiger partial charge in [0, 0.05) is 4.32 Å². The summed E-state index contributed by atoms with van der Waals surface area (Å²) >= 11 is 3.51. The number of halogens is 1. The standard InChI is InChI=1S/C7H13BrO/c1-7(8)5-3-2-4-6(7)9/h6,9H,2-5H2,1H3/t6-,7-/m0/s1. The maximum Gasteiger partial charge on any atom is 0.0690 e. The summed E-state index contributed by atoms with van der Waals surface area (Å²) in [4.78, 5) is 0. The van der Waals surface area contributed by atoms with Crippen molar-refractivity contribution in [3.05, 3.63) is 0 Å². The summed E-state index contributed by atoms with van der Waals surface area (Å²) in [5.41, 5.74) is 0. The van der Waals surface area contributed by atoms with Crippen molar-refractivity contribution >= 4 is 15.9 Å². The number of alkyl halides is 1. The van der Waals surface area contributed by atoms with Gasteiger partial charge < -0.3 is 5.11 Å². The Morgan fingerprint density at radius 2 is 2.22 bits per heavy atom. The summed E-state index contributed by atoms with van der Waals surface area (Å²) in [6.07, 6.45) is 4.36. The first kappa shape index (κ1) is 7.55. The Kier molecular flexibility index (Phi) is 2.17. The minimum absolute atomic E-state index is 0.00521. The fourth-order valence-corrected chi connectivity index (χ4v) is 1.79. The van der Waals surface area contributed by atoms with Gasteiger partial charge in [-0.1, -0.05) is 28.8 Å². The van der Waals surface area contributed by atoms with Crippen LogP contribution in [0.15, 0.2) is 0 Å². The van der Waals surface area contributed by atoms with Gasteiger partial charge in [0.15, 0.2) is 0 Å². The highest BCUT2D eigenvalue weighted by Gasteiger charge is 2.32. The lowest BCUT2D eigenvalue weighted by Crippen LogP contribution is -2.35. The Hall–Kier alpha value is 0.440. The number of aliphatic hydroxyl groups is 1. The third kappa shape index (κ3) is 1.68. The summed E-state index contributed by atoms with van der Waals surface area (Å²) in [6, 6.07) is 0. The van der Waals surface area contributed by atoms with Crippen LogP contribution in [0.2, 0.25) is 0 Å². The van der Waals surface area contributed by atoms with Gasteiger partial charge in [-0.05, 0) is 19.8 Å². The topological polar surface area (TPSA) is 20.2 Å². The molecule has 0 aromatic rings. The van der Waals surface area contributed by atoms with Crippen molar-refractivity contribution in [2.45, 2.75) is 43.0 Å². The first-order chi connectivity index (χ1) is 4.13. The van der Waals surface area contributed by atoms with Crippen LogP contribution in [0.4, 0.5) is 0 Å². The zero-order chi connectivity index (χ0) is 6.91. The van der Waals surface area contributed by atoms with Crippen LogP contribution in [0.3, 0.4) is 0 Å². The molecule has 1 nitrogen and oxygen atoms in total. The van der Waals surface area contributed by atoms with E-state index in [1.165, 1.54) is 12.8 Å². The number of aliphatic hydroxyl groups excluding tert-OH is 1. The van der Waals surface area contributed by atoms with Crippen molar-refractivity contribution in [3.63, 3.8) is 0 Å². The molecule has 0 amide bonds. The van der Waals surface area contributed by atoms with Gasteiger partial charge in [-0.3, -0.25) is 0 Å². The molecule has 1 aliphatic carbocycles. The molecular formula is C7H13BrO. The van der Waals surface area contributed by atoms with Crippen LogP contribution in [0, 0.1) is 0 Å². The zero-order valence-corrected chi connectivity index (χ0v) is 7.32. The molecule has 0 heterocycles. The lowest BCUT2D eigenvalue weighted by atomic mass is 9.88. The second kappa shape index (κ2) is 2.59. The van der Waals surface area contributed by atoms with Crippen LogP contribution in [0.1, 0.15) is 32.6 Å². The molecule has 0 spiro atoms. The third-order valence-corrected chi connectivity index (χ3v) is 3.01. The Morgan fingerprint density at radius 1 is 1.56 bits per heavy atom. The van der Waals surface area contributed by atoms with E-state index in [2.05, 4.69) is 22.9 Å². The van der Waals surface area contributed by atoms with E-state index in [-0.39, 0.29) is 10.4 Å². The van der Waals surface area contributed by atoms with Crippen LogP contribution >= 0.6 is 15.9 Å². The third-order valence-electron chi connectivity index (χ3n) is 2.09. The molecule has 0 unspecified atom stereocenters. The zero-order valence-electron chi connectivity index (χ0n) is 5.73. The van der Waals surface area contributed by atoms with Crippen molar-refractivity contribution in [1.29, 1.82) is 0 Å². The van der Waals surface area contributed by atoms with Crippen LogP contribution < -0.4 is 0 Å². The van der Waals surface area contributed by atoms with Crippen LogP contribution in [0.25, 0.3) is 0 Å². The monoisotopic (exact) mass is 192 g/mol. The molecule has 2 heteroatoms. The smallest absolute Gasteiger partial charge is 0.0690 e. The van der Waals surface area contributed by atoms with E-state index in [4.69, 9.17) is 0 Å². The van der Waals surface area contributed by atoms with E-state index in [1.54, 1.807) is 0 Å². The minimum Gasteiger partial charge on any atom is -0.392 e. The van der Waals surface area contributed by atoms with Gasteiger partial charge in [-0.2, -0.15) is 0 Å². The summed E-state index contributed by atoms with van der Waals surface area (Å²) in [6.45, 7) is 2.07. The van der Waals surface area contributed by atoms with Gasteiger partial charge >= 0.3 is 0 Å². The van der Waals surface area contributed by atoms with E-state index in [0.29, 0.717) is 0 Å². The fraction of sp³-hybridized carbons (Fsp3) is 1.00. The molecule has 0 aromatic carbocycles. The first-order valence-corrected chi connectivity index (χ1v) is 4.29. The van der Waals surface area contributed by atoms with E-state index < -0.39 is 0 Å². The van der Waals surface area contributed by atoms with Crippen molar-refractivity contribution in [2.24, 2.45) is 0 Å². The summed E-state index contributed by atoms with van der Waals surface area (Å²) in [5, 5.41) is 9.39. The Balaban J connectivity index is 2.49. The maximum atomic E-state index is 9.39. The summed E-state index contributed by atoms with van der Waals surface area (Å²) in [7, 11) is 0. The number of hydrogen-bond donors (Lipinski definition) is 1. The van der Waals surface area contributed by atoms with Gasteiger partial charge in [-0.15, -0.1) is 0 Å². The van der Waals surface area contributed by atoms with Gasteiger partial charge in [0.25, 0.3) is 0 Å². The average molecular weight is 193 g/mol. The van der Waals surface area contributed by atoms with E-state index >= 15 is 0 Å². The molecular weight excluding hydrogens is 180 g/mol. The highest BCUT2D eigenvalue weighted by atomic mass is 79.9. The van der Waals surface area contributed by atoms with E-state index in [0.717, 1.165) is 12.8 Å². The van der Waals surface area contributed by atoms with Crippen molar-refractivity contribution in [1.82, 2.24) is 0 Å². The lowest BCUT2D eigenvalue weighted by molar-refractivity contribution is 0.101. The summed E-state index contributed by atoms with van der Waals surface area (Å²) in [5.74, 6) is 0. The van der Waals surface area contributed by atoms with Gasteiger partial charge in [-0.25, -0.2) is 0 Å². The SMILES string of the molecule is C[C@]1(Br)CCCC[C@@H]1O. The highest BCUT2D eigenvalue weighted by Crippen LogP contribution is 2.35. The van der Waals surface area contributed by atoms with Crippen LogP contribution in [-0.4, -0.2) is 15.5 Å². The predicted octanol–water partition coefficient (Wildman–Crippen LogP) is 2.07. The number of hydrogen-bond acceptors (Lipinski definition) is 1. The molecule has 1 saturated carbocycles. The molecule has 0 aromatic heterocycles. The molecule has 1 rings (SSSR count). The summed E-state index contributed by atoms with van der Waals surface area (Å²) < 4.78 is 0.00521. The van der Waals surface area contributed by atoms with Crippen molar-refractivity contribution in [2.75, 3.05) is 0 Å². The van der Waals surface area contributed by atoms with Crippen molar-refractivity contribution in [3.8, 4) is 0 Å². The molecule has 54 valence electrons. The van der Waals surface area contributed by atoms with Crippen LogP contribution in [0.5, 0.6) is 0 Å². The Bertz CT molecular complexity index is 101. The molecule has 0 aliphatic heterocycles. The molecule has 1 aliphatic rings. The van der Waals surface area contributed by atoms with E-state index in [1.807, 2.05) is 0 Å². The normalized spacial score (nSPS) is 45.0. The van der Waals surface area contributed by atoms with Gasteiger partial charge in [0.1, 0.15) is 0 Å².